The Kier molecular flexibility index (Phi) is 2.10. The lowest BCUT2D eigenvalue weighted by atomic mass is 10.6. The second kappa shape index (κ2) is 3.26. The van der Waals surface area contributed by atoms with Crippen LogP contribution in [0.1, 0.15) is 5.82 Å². The molecule has 0 spiro atoms. The third-order valence-corrected chi connectivity index (χ3v) is 2.09. The lowest BCUT2D eigenvalue weighted by molar-refractivity contribution is 0.914. The number of aromatic nitrogens is 4. The lowest BCUT2D eigenvalue weighted by Crippen LogP contribution is -1.98. The monoisotopic (exact) mass is 238 g/mol. The normalized spacial score (nSPS) is 10.3. The first-order valence-corrected chi connectivity index (χ1v) is 4.54. The van der Waals surface area contributed by atoms with Gasteiger partial charge < -0.3 is 0 Å². The van der Waals surface area contributed by atoms with Crippen molar-refractivity contribution in [2.75, 3.05) is 0 Å². The Bertz CT molecular complexity index is 406. The van der Waals surface area contributed by atoms with Crippen molar-refractivity contribution in [3.05, 3.63) is 35.2 Å². The van der Waals surface area contributed by atoms with Crippen LogP contribution in [0.3, 0.4) is 0 Å². The molecule has 0 aromatic carbocycles. The molecule has 0 aliphatic rings. The molecule has 0 N–H and O–H groups in total. The average molecular weight is 239 g/mol. The summed E-state index contributed by atoms with van der Waals surface area (Å²) < 4.78 is 2.61. The van der Waals surface area contributed by atoms with Crippen molar-refractivity contribution in [3.8, 4) is 5.82 Å². The molecule has 2 heterocycles. The molecule has 0 atom stereocenters. The van der Waals surface area contributed by atoms with E-state index >= 15 is 0 Å². The first-order valence-electron chi connectivity index (χ1n) is 3.75. The second-order valence-corrected chi connectivity index (χ2v) is 3.35. The molecule has 0 saturated carbocycles. The minimum absolute atomic E-state index is 0.731. The molecule has 0 fully saturated rings. The molecular formula is C8H7BrN4. The Morgan fingerprint density at radius 3 is 2.62 bits per heavy atom. The highest BCUT2D eigenvalue weighted by molar-refractivity contribution is 9.10. The zero-order valence-electron chi connectivity index (χ0n) is 6.98. The minimum Gasteiger partial charge on any atom is -0.287 e. The fraction of sp³-hybridized carbons (Fsp3) is 0.125. The molecule has 4 nitrogen and oxygen atoms in total. The average Bonchev–Trinajstić information content (AvgIpc) is 2.53. The van der Waals surface area contributed by atoms with E-state index in [0.29, 0.717) is 0 Å². The van der Waals surface area contributed by atoms with E-state index in [1.165, 1.54) is 0 Å². The van der Waals surface area contributed by atoms with Gasteiger partial charge in [0.2, 0.25) is 0 Å². The van der Waals surface area contributed by atoms with Crippen molar-refractivity contribution < 1.29 is 0 Å². The van der Waals surface area contributed by atoms with Crippen LogP contribution in [0.25, 0.3) is 5.82 Å². The van der Waals surface area contributed by atoms with Gasteiger partial charge in [0.05, 0.1) is 12.4 Å². The van der Waals surface area contributed by atoms with Gasteiger partial charge in [-0.05, 0) is 22.9 Å². The summed E-state index contributed by atoms with van der Waals surface area (Å²) in [4.78, 5) is 12.4. The van der Waals surface area contributed by atoms with Gasteiger partial charge in [-0.25, -0.2) is 15.0 Å². The molecule has 13 heavy (non-hydrogen) atoms. The molecule has 5 heteroatoms. The standard InChI is InChI=1S/C8H7BrN4/c1-6-10-2-3-13(6)8-5-11-7(9)4-12-8/h2-5H,1H3. The molecule has 66 valence electrons. The predicted molar refractivity (Wildman–Crippen MR) is 51.6 cm³/mol. The van der Waals surface area contributed by atoms with Gasteiger partial charge >= 0.3 is 0 Å². The van der Waals surface area contributed by atoms with Crippen molar-refractivity contribution in [2.45, 2.75) is 6.92 Å². The Balaban J connectivity index is 2.47. The SMILES string of the molecule is Cc1nccn1-c1cnc(Br)cn1. The van der Waals surface area contributed by atoms with E-state index in [0.717, 1.165) is 16.2 Å². The maximum atomic E-state index is 4.20. The summed E-state index contributed by atoms with van der Waals surface area (Å²) in [7, 11) is 0. The van der Waals surface area contributed by atoms with Gasteiger partial charge in [0.25, 0.3) is 0 Å². The van der Waals surface area contributed by atoms with E-state index in [-0.39, 0.29) is 0 Å². The summed E-state index contributed by atoms with van der Waals surface area (Å²) in [5.41, 5.74) is 0. The number of rotatable bonds is 1. The van der Waals surface area contributed by atoms with Crippen LogP contribution in [0.5, 0.6) is 0 Å². The van der Waals surface area contributed by atoms with Gasteiger partial charge in [0, 0.05) is 12.4 Å². The Morgan fingerprint density at radius 1 is 1.23 bits per heavy atom. The van der Waals surface area contributed by atoms with Gasteiger partial charge in [-0.1, -0.05) is 0 Å². The van der Waals surface area contributed by atoms with Crippen molar-refractivity contribution in [1.82, 2.24) is 19.5 Å². The number of imidazole rings is 1. The van der Waals surface area contributed by atoms with Crippen LogP contribution >= 0.6 is 15.9 Å². The molecule has 2 aromatic heterocycles. The zero-order valence-corrected chi connectivity index (χ0v) is 8.56. The van der Waals surface area contributed by atoms with Crippen LogP contribution in [-0.4, -0.2) is 19.5 Å². The third kappa shape index (κ3) is 1.60. The van der Waals surface area contributed by atoms with E-state index in [1.807, 2.05) is 17.7 Å². The Hall–Kier alpha value is -1.23. The largest absolute Gasteiger partial charge is 0.287 e. The molecule has 0 saturated heterocycles. The maximum absolute atomic E-state index is 4.20. The molecule has 0 bridgehead atoms. The molecule has 0 aliphatic carbocycles. The quantitative estimate of drug-likeness (QED) is 0.761. The summed E-state index contributed by atoms with van der Waals surface area (Å²) in [6.07, 6.45) is 6.94. The van der Waals surface area contributed by atoms with E-state index < -0.39 is 0 Å². The molecule has 0 unspecified atom stereocenters. The van der Waals surface area contributed by atoms with Crippen LogP contribution in [0.4, 0.5) is 0 Å². The van der Waals surface area contributed by atoms with Crippen molar-refractivity contribution in [3.63, 3.8) is 0 Å². The van der Waals surface area contributed by atoms with Crippen molar-refractivity contribution in [1.29, 1.82) is 0 Å². The van der Waals surface area contributed by atoms with E-state index in [4.69, 9.17) is 0 Å². The number of hydrogen-bond donors (Lipinski definition) is 0. The molecule has 2 rings (SSSR count). The van der Waals surface area contributed by atoms with E-state index in [1.54, 1.807) is 18.6 Å². The number of nitrogens with zero attached hydrogens (tertiary/aromatic N) is 4. The highest BCUT2D eigenvalue weighted by atomic mass is 79.9. The molecule has 2 aromatic rings. The smallest absolute Gasteiger partial charge is 0.156 e. The van der Waals surface area contributed by atoms with Gasteiger partial charge in [0.15, 0.2) is 5.82 Å². The van der Waals surface area contributed by atoms with Crippen LogP contribution in [0.15, 0.2) is 29.4 Å². The number of hydrogen-bond acceptors (Lipinski definition) is 3. The van der Waals surface area contributed by atoms with Crippen LogP contribution in [0, 0.1) is 6.92 Å². The molecule has 0 amide bonds. The van der Waals surface area contributed by atoms with Crippen molar-refractivity contribution in [2.24, 2.45) is 0 Å². The Morgan fingerprint density at radius 2 is 2.08 bits per heavy atom. The first-order chi connectivity index (χ1) is 6.27. The molecular weight excluding hydrogens is 232 g/mol. The summed E-state index contributed by atoms with van der Waals surface area (Å²) in [5.74, 6) is 1.68. The molecule has 0 radical (unpaired) electrons. The first kappa shape index (κ1) is 8.37. The van der Waals surface area contributed by atoms with Crippen molar-refractivity contribution >= 4 is 15.9 Å². The number of aryl methyl sites for hydroxylation is 1. The molecule has 0 aliphatic heterocycles. The van der Waals surface area contributed by atoms with Gasteiger partial charge in [-0.2, -0.15) is 0 Å². The topological polar surface area (TPSA) is 43.6 Å². The predicted octanol–water partition coefficient (Wildman–Crippen LogP) is 1.73. The van der Waals surface area contributed by atoms with E-state index in [9.17, 15) is 0 Å². The van der Waals surface area contributed by atoms with E-state index in [2.05, 4.69) is 30.9 Å². The fourth-order valence-electron chi connectivity index (χ4n) is 1.05. The van der Waals surface area contributed by atoms with Crippen LogP contribution in [0.2, 0.25) is 0 Å². The highest BCUT2D eigenvalue weighted by Crippen LogP contribution is 2.08. The Labute approximate surface area is 83.8 Å². The maximum Gasteiger partial charge on any atom is 0.156 e. The summed E-state index contributed by atoms with van der Waals surface area (Å²) >= 11 is 3.23. The number of halogens is 1. The van der Waals surface area contributed by atoms with Gasteiger partial charge in [0.1, 0.15) is 10.4 Å². The highest BCUT2D eigenvalue weighted by Gasteiger charge is 2.00. The van der Waals surface area contributed by atoms with Crippen LogP contribution in [-0.2, 0) is 0 Å². The summed E-state index contributed by atoms with van der Waals surface area (Å²) in [5, 5.41) is 0. The zero-order chi connectivity index (χ0) is 9.26. The summed E-state index contributed by atoms with van der Waals surface area (Å²) in [6.45, 7) is 1.92. The second-order valence-electron chi connectivity index (χ2n) is 2.54. The lowest BCUT2D eigenvalue weighted by Gasteiger charge is -2.01. The van der Waals surface area contributed by atoms with Crippen LogP contribution < -0.4 is 0 Å². The summed E-state index contributed by atoms with van der Waals surface area (Å²) in [6, 6.07) is 0. The fourth-order valence-corrected chi connectivity index (χ4v) is 1.25. The van der Waals surface area contributed by atoms with Gasteiger partial charge in [-0.15, -0.1) is 0 Å². The van der Waals surface area contributed by atoms with Gasteiger partial charge in [-0.3, -0.25) is 4.57 Å². The minimum atomic E-state index is 0.731. The third-order valence-electron chi connectivity index (χ3n) is 1.68.